The summed E-state index contributed by atoms with van der Waals surface area (Å²) in [5.74, 6) is 0. The number of furan rings is 1. The SMILES string of the molecule is c1ccc(-c2ccc(-c3ccc(N(c4cccc5ccccc45)c4ccc(-c5cc6ccccc6c6ccccc56)c5oc6ccccc6c45)cc3)cc2)cc1. The molecule has 11 aromatic rings. The average Bonchev–Trinajstić information content (AvgIpc) is 3.67. The van der Waals surface area contributed by atoms with Gasteiger partial charge in [0.1, 0.15) is 11.2 Å². The van der Waals surface area contributed by atoms with Gasteiger partial charge in [-0.05, 0) is 97.2 Å². The van der Waals surface area contributed by atoms with Crippen molar-refractivity contribution in [2.75, 3.05) is 4.90 Å². The van der Waals surface area contributed by atoms with Gasteiger partial charge in [0, 0.05) is 22.0 Å². The number of hydrogen-bond donors (Lipinski definition) is 0. The zero-order valence-corrected chi connectivity index (χ0v) is 30.6. The molecule has 262 valence electrons. The Hall–Kier alpha value is -7.42. The third-order valence-electron chi connectivity index (χ3n) is 11.3. The van der Waals surface area contributed by atoms with Gasteiger partial charge >= 0.3 is 0 Å². The van der Waals surface area contributed by atoms with Gasteiger partial charge in [-0.25, -0.2) is 0 Å². The molecular formula is C54H35NO. The topological polar surface area (TPSA) is 16.4 Å². The predicted octanol–water partition coefficient (Wildman–Crippen LogP) is 15.5. The van der Waals surface area contributed by atoms with Gasteiger partial charge in [0.2, 0.25) is 0 Å². The van der Waals surface area contributed by atoms with E-state index >= 15 is 0 Å². The highest BCUT2D eigenvalue weighted by atomic mass is 16.3. The molecule has 0 unspecified atom stereocenters. The molecule has 2 nitrogen and oxygen atoms in total. The molecule has 2 heteroatoms. The highest BCUT2D eigenvalue weighted by Gasteiger charge is 2.24. The molecule has 0 bridgehead atoms. The Morgan fingerprint density at radius 2 is 0.875 bits per heavy atom. The largest absolute Gasteiger partial charge is 0.455 e. The van der Waals surface area contributed by atoms with Crippen LogP contribution in [0.3, 0.4) is 0 Å². The Balaban J connectivity index is 1.13. The molecule has 1 heterocycles. The minimum absolute atomic E-state index is 0.869. The van der Waals surface area contributed by atoms with Crippen LogP contribution >= 0.6 is 0 Å². The van der Waals surface area contributed by atoms with Crippen LogP contribution in [0.5, 0.6) is 0 Å². The first kappa shape index (κ1) is 32.0. The smallest absolute Gasteiger partial charge is 0.145 e. The van der Waals surface area contributed by atoms with E-state index in [9.17, 15) is 0 Å². The lowest BCUT2D eigenvalue weighted by Crippen LogP contribution is -2.11. The lowest BCUT2D eigenvalue weighted by atomic mass is 9.92. The summed E-state index contributed by atoms with van der Waals surface area (Å²) in [7, 11) is 0. The summed E-state index contributed by atoms with van der Waals surface area (Å²) in [6, 6.07) is 76.3. The van der Waals surface area contributed by atoms with Gasteiger partial charge in [-0.3, -0.25) is 0 Å². The molecule has 56 heavy (non-hydrogen) atoms. The van der Waals surface area contributed by atoms with E-state index in [4.69, 9.17) is 4.42 Å². The van der Waals surface area contributed by atoms with Gasteiger partial charge < -0.3 is 9.32 Å². The summed E-state index contributed by atoms with van der Waals surface area (Å²) in [5, 5.41) is 9.45. The first-order valence-corrected chi connectivity index (χ1v) is 19.2. The normalized spacial score (nSPS) is 11.6. The zero-order chi connectivity index (χ0) is 37.0. The Morgan fingerprint density at radius 3 is 1.62 bits per heavy atom. The summed E-state index contributed by atoms with van der Waals surface area (Å²) < 4.78 is 6.94. The fourth-order valence-electron chi connectivity index (χ4n) is 8.59. The monoisotopic (exact) mass is 713 g/mol. The fourth-order valence-corrected chi connectivity index (χ4v) is 8.59. The van der Waals surface area contributed by atoms with Crippen molar-refractivity contribution < 1.29 is 4.42 Å². The van der Waals surface area contributed by atoms with Crippen molar-refractivity contribution in [2.24, 2.45) is 0 Å². The van der Waals surface area contributed by atoms with E-state index in [0.29, 0.717) is 0 Å². The molecule has 0 saturated heterocycles. The molecule has 0 aliphatic heterocycles. The molecule has 0 aliphatic rings. The van der Waals surface area contributed by atoms with Crippen LogP contribution in [0.1, 0.15) is 0 Å². The quantitative estimate of drug-likeness (QED) is 0.160. The number of fused-ring (bicyclic) bond motifs is 7. The molecular weight excluding hydrogens is 679 g/mol. The number of benzene rings is 10. The Bertz CT molecular complexity index is 3230. The van der Waals surface area contributed by atoms with Gasteiger partial charge in [0.15, 0.2) is 0 Å². The number of anilines is 3. The number of nitrogens with zero attached hydrogens (tertiary/aromatic N) is 1. The van der Waals surface area contributed by atoms with E-state index in [-0.39, 0.29) is 0 Å². The van der Waals surface area contributed by atoms with Crippen molar-refractivity contribution in [1.29, 1.82) is 0 Å². The van der Waals surface area contributed by atoms with Gasteiger partial charge in [-0.2, -0.15) is 0 Å². The second-order valence-corrected chi connectivity index (χ2v) is 14.4. The zero-order valence-electron chi connectivity index (χ0n) is 30.6. The van der Waals surface area contributed by atoms with E-state index in [1.807, 2.05) is 0 Å². The second kappa shape index (κ2) is 13.2. The van der Waals surface area contributed by atoms with Gasteiger partial charge in [0.05, 0.1) is 16.8 Å². The average molecular weight is 714 g/mol. The first-order valence-electron chi connectivity index (χ1n) is 19.2. The van der Waals surface area contributed by atoms with E-state index < -0.39 is 0 Å². The van der Waals surface area contributed by atoms with Crippen molar-refractivity contribution in [3.63, 3.8) is 0 Å². The van der Waals surface area contributed by atoms with Crippen LogP contribution in [-0.4, -0.2) is 0 Å². The third-order valence-corrected chi connectivity index (χ3v) is 11.3. The Morgan fingerprint density at radius 1 is 0.321 bits per heavy atom. The van der Waals surface area contributed by atoms with Crippen molar-refractivity contribution >= 4 is 71.3 Å². The Labute approximate surface area is 325 Å². The second-order valence-electron chi connectivity index (χ2n) is 14.4. The van der Waals surface area contributed by atoms with Crippen molar-refractivity contribution in [2.45, 2.75) is 0 Å². The highest BCUT2D eigenvalue weighted by Crippen LogP contribution is 2.49. The van der Waals surface area contributed by atoms with E-state index in [1.54, 1.807) is 0 Å². The molecule has 0 N–H and O–H groups in total. The minimum Gasteiger partial charge on any atom is -0.455 e. The minimum atomic E-state index is 0.869. The molecule has 0 amide bonds. The van der Waals surface area contributed by atoms with Crippen LogP contribution in [0, 0.1) is 0 Å². The predicted molar refractivity (Wildman–Crippen MR) is 237 cm³/mol. The molecule has 0 aliphatic carbocycles. The molecule has 0 spiro atoms. The molecule has 0 fully saturated rings. The van der Waals surface area contributed by atoms with Crippen LogP contribution < -0.4 is 4.90 Å². The maximum atomic E-state index is 6.94. The fraction of sp³-hybridized carbons (Fsp3) is 0. The van der Waals surface area contributed by atoms with Crippen LogP contribution in [0.25, 0.3) is 87.6 Å². The van der Waals surface area contributed by atoms with Gasteiger partial charge in [-0.15, -0.1) is 0 Å². The van der Waals surface area contributed by atoms with Crippen LogP contribution in [0.15, 0.2) is 217 Å². The Kier molecular flexibility index (Phi) is 7.53. The van der Waals surface area contributed by atoms with Crippen LogP contribution in [-0.2, 0) is 0 Å². The molecule has 0 saturated carbocycles. The maximum absolute atomic E-state index is 6.94. The molecule has 0 atom stereocenters. The molecule has 0 radical (unpaired) electrons. The van der Waals surface area contributed by atoms with Crippen molar-refractivity contribution in [3.05, 3.63) is 212 Å². The first-order chi connectivity index (χ1) is 27.8. The van der Waals surface area contributed by atoms with Crippen LogP contribution in [0.4, 0.5) is 17.1 Å². The highest BCUT2D eigenvalue weighted by molar-refractivity contribution is 6.21. The van der Waals surface area contributed by atoms with E-state index in [0.717, 1.165) is 50.1 Å². The standard InChI is InChI=1S/C54H35NO/c1-2-13-36(14-3-1)37-25-27-38(28-26-37)39-29-31-42(32-30-39)55(50-23-12-17-40-15-4-7-19-44(40)50)51-34-33-47(54-53(51)48-22-10-11-24-52(48)56-54)49-35-41-16-5-6-18-43(41)45-20-8-9-21-46(45)49/h1-35H. The molecule has 10 aromatic carbocycles. The number of hydrogen-bond acceptors (Lipinski definition) is 2. The van der Waals surface area contributed by atoms with E-state index in [2.05, 4.69) is 217 Å². The summed E-state index contributed by atoms with van der Waals surface area (Å²) in [6.45, 7) is 0. The molecule has 1 aromatic heterocycles. The maximum Gasteiger partial charge on any atom is 0.145 e. The summed E-state index contributed by atoms with van der Waals surface area (Å²) in [6.07, 6.45) is 0. The third kappa shape index (κ3) is 5.26. The van der Waals surface area contributed by atoms with Gasteiger partial charge in [0.25, 0.3) is 0 Å². The van der Waals surface area contributed by atoms with E-state index in [1.165, 1.54) is 54.6 Å². The summed E-state index contributed by atoms with van der Waals surface area (Å²) in [4.78, 5) is 2.41. The molecule has 11 rings (SSSR count). The number of rotatable bonds is 6. The summed E-state index contributed by atoms with van der Waals surface area (Å²) >= 11 is 0. The summed E-state index contributed by atoms with van der Waals surface area (Å²) in [5.41, 5.74) is 12.0. The lowest BCUT2D eigenvalue weighted by molar-refractivity contribution is 0.670. The van der Waals surface area contributed by atoms with Crippen molar-refractivity contribution in [3.8, 4) is 33.4 Å². The lowest BCUT2D eigenvalue weighted by Gasteiger charge is -2.28. The van der Waals surface area contributed by atoms with Crippen LogP contribution in [0.2, 0.25) is 0 Å². The number of para-hydroxylation sites is 1. The van der Waals surface area contributed by atoms with Gasteiger partial charge in [-0.1, -0.05) is 170 Å². The van der Waals surface area contributed by atoms with Crippen molar-refractivity contribution in [1.82, 2.24) is 0 Å².